The topological polar surface area (TPSA) is 88.2 Å². The van der Waals surface area contributed by atoms with Crippen molar-refractivity contribution in [3.05, 3.63) is 81.8 Å². The summed E-state index contributed by atoms with van der Waals surface area (Å²) in [6, 6.07) is 19.4. The molecule has 1 heterocycles. The zero-order valence-corrected chi connectivity index (χ0v) is 23.3. The van der Waals surface area contributed by atoms with Gasteiger partial charge in [-0.15, -0.1) is 0 Å². The summed E-state index contributed by atoms with van der Waals surface area (Å²) in [6.45, 7) is 4.72. The van der Waals surface area contributed by atoms with Crippen molar-refractivity contribution in [1.29, 1.82) is 0 Å². The van der Waals surface area contributed by atoms with Gasteiger partial charge < -0.3 is 24.6 Å². The summed E-state index contributed by atoms with van der Waals surface area (Å²) in [7, 11) is 0. The van der Waals surface area contributed by atoms with Crippen LogP contribution < -0.4 is 14.8 Å². The van der Waals surface area contributed by atoms with Crippen molar-refractivity contribution in [2.75, 3.05) is 31.5 Å². The second-order valence-electron chi connectivity index (χ2n) is 8.79. The predicted molar refractivity (Wildman–Crippen MR) is 149 cm³/mol. The van der Waals surface area contributed by atoms with E-state index in [0.29, 0.717) is 45.5 Å². The van der Waals surface area contributed by atoms with E-state index < -0.39 is 17.9 Å². The van der Waals surface area contributed by atoms with Crippen molar-refractivity contribution in [3.8, 4) is 17.2 Å². The number of benzene rings is 3. The summed E-state index contributed by atoms with van der Waals surface area (Å²) in [4.78, 5) is 41.7. The van der Waals surface area contributed by atoms with Gasteiger partial charge in [0.1, 0.15) is 11.5 Å². The van der Waals surface area contributed by atoms with E-state index >= 15 is 0 Å². The molecular formula is C28H27BrClN3O5. The van der Waals surface area contributed by atoms with Gasteiger partial charge in [0, 0.05) is 35.7 Å². The average Bonchev–Trinajstić information content (AvgIpc) is 2.92. The van der Waals surface area contributed by atoms with E-state index in [2.05, 4.69) is 21.2 Å². The molecule has 3 amide bonds. The predicted octanol–water partition coefficient (Wildman–Crippen LogP) is 5.28. The Kier molecular flexibility index (Phi) is 8.91. The van der Waals surface area contributed by atoms with E-state index in [1.165, 1.54) is 4.90 Å². The summed E-state index contributed by atoms with van der Waals surface area (Å²) in [5, 5.41) is 3.22. The summed E-state index contributed by atoms with van der Waals surface area (Å²) in [5.41, 5.74) is 1.28. The van der Waals surface area contributed by atoms with Gasteiger partial charge in [-0.3, -0.25) is 14.4 Å². The molecule has 198 valence electrons. The minimum atomic E-state index is -0.792. The van der Waals surface area contributed by atoms with Crippen molar-refractivity contribution in [3.63, 3.8) is 0 Å². The number of ether oxygens (including phenoxy) is 2. The van der Waals surface area contributed by atoms with Crippen molar-refractivity contribution in [2.45, 2.75) is 20.0 Å². The molecular weight excluding hydrogens is 574 g/mol. The largest absolute Gasteiger partial charge is 0.481 e. The Morgan fingerprint density at radius 1 is 0.921 bits per heavy atom. The number of hydrogen-bond donors (Lipinski definition) is 1. The van der Waals surface area contributed by atoms with Gasteiger partial charge >= 0.3 is 11.8 Å². The lowest BCUT2D eigenvalue weighted by atomic mass is 10.2. The number of nitrogens with zero attached hydrogens (tertiary/aromatic N) is 2. The molecule has 1 atom stereocenters. The fraction of sp³-hybridized carbons (Fsp3) is 0.250. The normalized spacial score (nSPS) is 14.0. The number of nitrogens with one attached hydrogen (secondary N) is 1. The van der Waals surface area contributed by atoms with Crippen LogP contribution in [0.2, 0.25) is 5.02 Å². The molecule has 10 heteroatoms. The van der Waals surface area contributed by atoms with Crippen LogP contribution in [0.5, 0.6) is 17.2 Å². The van der Waals surface area contributed by atoms with Crippen LogP contribution in [-0.4, -0.2) is 59.8 Å². The first-order valence-corrected chi connectivity index (χ1v) is 13.2. The number of para-hydroxylation sites is 1. The number of carbonyl (C=O) groups is 3. The first-order valence-electron chi connectivity index (χ1n) is 12.1. The Labute approximate surface area is 234 Å². The molecule has 1 fully saturated rings. The Morgan fingerprint density at radius 2 is 1.58 bits per heavy atom. The molecule has 3 aromatic rings. The first kappa shape index (κ1) is 27.5. The Bertz CT molecular complexity index is 1330. The molecule has 0 saturated carbocycles. The minimum absolute atomic E-state index is 0.164. The van der Waals surface area contributed by atoms with Gasteiger partial charge in [0.2, 0.25) is 0 Å². The van der Waals surface area contributed by atoms with Crippen molar-refractivity contribution >= 4 is 50.9 Å². The molecule has 0 radical (unpaired) electrons. The van der Waals surface area contributed by atoms with Gasteiger partial charge in [0.05, 0.1) is 5.69 Å². The lowest BCUT2D eigenvalue weighted by molar-refractivity contribution is -0.147. The summed E-state index contributed by atoms with van der Waals surface area (Å²) >= 11 is 9.32. The highest BCUT2D eigenvalue weighted by atomic mass is 79.9. The second-order valence-corrected chi connectivity index (χ2v) is 10.1. The molecule has 0 aromatic heterocycles. The average molecular weight is 601 g/mol. The lowest BCUT2D eigenvalue weighted by Gasteiger charge is -2.35. The number of rotatable bonds is 6. The van der Waals surface area contributed by atoms with Crippen LogP contribution in [0.25, 0.3) is 0 Å². The molecule has 1 unspecified atom stereocenters. The van der Waals surface area contributed by atoms with E-state index in [1.54, 1.807) is 54.3 Å². The van der Waals surface area contributed by atoms with Crippen LogP contribution in [0.1, 0.15) is 12.5 Å². The monoisotopic (exact) mass is 599 g/mol. The molecule has 3 aromatic carbocycles. The maximum absolute atomic E-state index is 12.9. The van der Waals surface area contributed by atoms with Crippen LogP contribution in [0.15, 0.2) is 71.2 Å². The second kappa shape index (κ2) is 12.3. The molecule has 0 aliphatic carbocycles. The Morgan fingerprint density at radius 3 is 2.26 bits per heavy atom. The fourth-order valence-corrected chi connectivity index (χ4v) is 4.44. The zero-order valence-electron chi connectivity index (χ0n) is 20.9. The molecule has 38 heavy (non-hydrogen) atoms. The minimum Gasteiger partial charge on any atom is -0.481 e. The fourth-order valence-electron chi connectivity index (χ4n) is 3.95. The number of carbonyl (C=O) groups excluding carboxylic acids is 3. The Balaban J connectivity index is 1.33. The van der Waals surface area contributed by atoms with E-state index in [0.717, 1.165) is 5.56 Å². The molecule has 1 aliphatic rings. The van der Waals surface area contributed by atoms with Crippen LogP contribution >= 0.6 is 27.5 Å². The highest BCUT2D eigenvalue weighted by molar-refractivity contribution is 9.10. The maximum Gasteiger partial charge on any atom is 0.314 e. The van der Waals surface area contributed by atoms with Crippen molar-refractivity contribution in [2.24, 2.45) is 0 Å². The molecule has 8 nitrogen and oxygen atoms in total. The Hall–Kier alpha value is -3.56. The van der Waals surface area contributed by atoms with Gasteiger partial charge in [-0.25, -0.2) is 0 Å². The van der Waals surface area contributed by atoms with Gasteiger partial charge in [0.25, 0.3) is 5.91 Å². The molecule has 1 N–H and O–H groups in total. The van der Waals surface area contributed by atoms with E-state index in [9.17, 15) is 14.4 Å². The maximum atomic E-state index is 12.9. The van der Waals surface area contributed by atoms with Gasteiger partial charge in [-0.1, -0.05) is 45.7 Å². The van der Waals surface area contributed by atoms with Gasteiger partial charge in [0.15, 0.2) is 11.9 Å². The molecule has 0 bridgehead atoms. The van der Waals surface area contributed by atoms with Crippen LogP contribution in [-0.2, 0) is 14.4 Å². The number of hydrogen-bond acceptors (Lipinski definition) is 5. The summed E-state index contributed by atoms with van der Waals surface area (Å²) in [6.07, 6.45) is -0.669. The van der Waals surface area contributed by atoms with Crippen LogP contribution in [0.3, 0.4) is 0 Å². The van der Waals surface area contributed by atoms with E-state index in [4.69, 9.17) is 21.1 Å². The number of anilines is 1. The van der Waals surface area contributed by atoms with E-state index in [-0.39, 0.29) is 19.0 Å². The SMILES string of the molecule is Cc1ccccc1OC(C)C(=O)N1CCN(C(=O)C(=O)Nc2cc(Br)ccc2Oc2ccc(Cl)cc2)CC1. The third-order valence-electron chi connectivity index (χ3n) is 6.05. The smallest absolute Gasteiger partial charge is 0.314 e. The number of aryl methyl sites for hydroxylation is 1. The summed E-state index contributed by atoms with van der Waals surface area (Å²) < 4.78 is 12.4. The highest BCUT2D eigenvalue weighted by Crippen LogP contribution is 2.32. The number of halogens is 2. The quantitative estimate of drug-likeness (QED) is 0.389. The van der Waals surface area contributed by atoms with Gasteiger partial charge in [-0.2, -0.15) is 0 Å². The zero-order chi connectivity index (χ0) is 27.2. The van der Waals surface area contributed by atoms with Gasteiger partial charge in [-0.05, 0) is 67.9 Å². The number of piperazine rings is 1. The molecule has 1 aliphatic heterocycles. The first-order chi connectivity index (χ1) is 18.2. The lowest BCUT2D eigenvalue weighted by Crippen LogP contribution is -2.55. The van der Waals surface area contributed by atoms with Crippen molar-refractivity contribution < 1.29 is 23.9 Å². The third-order valence-corrected chi connectivity index (χ3v) is 6.79. The van der Waals surface area contributed by atoms with Crippen LogP contribution in [0, 0.1) is 6.92 Å². The number of amides is 3. The van der Waals surface area contributed by atoms with Crippen LogP contribution in [0.4, 0.5) is 5.69 Å². The molecule has 1 saturated heterocycles. The standard InChI is InChI=1S/C28H27BrClN3O5/c1-18-5-3-4-6-24(18)37-19(2)27(35)32-13-15-33(16-14-32)28(36)26(34)31-23-17-20(29)7-12-25(23)38-22-10-8-21(30)9-11-22/h3-12,17,19H,13-16H2,1-2H3,(H,31,34). The van der Waals surface area contributed by atoms with E-state index in [1.807, 2.05) is 31.2 Å². The molecule has 4 rings (SSSR count). The highest BCUT2D eigenvalue weighted by Gasteiger charge is 2.30. The third kappa shape index (κ3) is 6.85. The summed E-state index contributed by atoms with van der Waals surface area (Å²) in [5.74, 6) is -0.0813. The van der Waals surface area contributed by atoms with Crippen molar-refractivity contribution in [1.82, 2.24) is 9.80 Å². The molecule has 0 spiro atoms.